The van der Waals surface area contributed by atoms with Gasteiger partial charge in [-0.25, -0.2) is 0 Å². The Morgan fingerprint density at radius 2 is 1.96 bits per heavy atom. The Morgan fingerprint density at radius 3 is 2.71 bits per heavy atom. The van der Waals surface area contributed by atoms with Gasteiger partial charge in [0.05, 0.1) is 11.9 Å². The van der Waals surface area contributed by atoms with E-state index in [1.165, 1.54) is 48.8 Å². The molecule has 0 atom stereocenters. The molecule has 0 amide bonds. The van der Waals surface area contributed by atoms with E-state index in [2.05, 4.69) is 20.3 Å². The van der Waals surface area contributed by atoms with Gasteiger partial charge in [0.25, 0.3) is 0 Å². The topological polar surface area (TPSA) is 127 Å². The number of pyridine rings is 1. The van der Waals surface area contributed by atoms with E-state index in [9.17, 15) is 4.79 Å². The van der Waals surface area contributed by atoms with Crippen LogP contribution in [0.1, 0.15) is 5.56 Å². The second-order valence-corrected chi connectivity index (χ2v) is 6.05. The lowest BCUT2D eigenvalue weighted by molar-refractivity contribution is 0.0697. The van der Waals surface area contributed by atoms with Gasteiger partial charge in [-0.2, -0.15) is 23.7 Å². The number of nitrogens with one attached hydrogen (secondary N) is 4. The number of benzene rings is 1. The van der Waals surface area contributed by atoms with Crippen molar-refractivity contribution in [3.8, 4) is 11.3 Å². The molecule has 0 bridgehead atoms. The normalized spacial score (nSPS) is 11.6. The number of halogens is 2. The number of aromatic nitrogens is 5. The zero-order chi connectivity index (χ0) is 19.9. The molecule has 28 heavy (non-hydrogen) atoms. The molecule has 0 spiro atoms. The predicted octanol–water partition coefficient (Wildman–Crippen LogP) is 2.21. The lowest BCUT2D eigenvalue weighted by Crippen LogP contribution is -2.39. The summed E-state index contributed by atoms with van der Waals surface area (Å²) < 4.78 is 30.7. The van der Waals surface area contributed by atoms with E-state index < -0.39 is 17.3 Å². The maximum absolute atomic E-state index is 15.0. The quantitative estimate of drug-likeness (QED) is 0.321. The van der Waals surface area contributed by atoms with Crippen molar-refractivity contribution in [2.75, 3.05) is 0 Å². The number of rotatable bonds is 3. The Balaban J connectivity index is 1.78. The van der Waals surface area contributed by atoms with E-state index >= 15 is 8.78 Å². The molecule has 0 fully saturated rings. The Bertz CT molecular complexity index is 1310. The van der Waals surface area contributed by atoms with Crippen molar-refractivity contribution in [1.82, 2.24) is 25.0 Å². The summed E-state index contributed by atoms with van der Waals surface area (Å²) in [6.45, 7) is 0. The minimum Gasteiger partial charge on any atom is -0.322 e. The van der Waals surface area contributed by atoms with Gasteiger partial charge in [0, 0.05) is 28.9 Å². The Hall–Kier alpha value is -3.95. The monoisotopic (exact) mass is 381 g/mol. The number of alkyl halides is 2. The van der Waals surface area contributed by atoms with Crippen LogP contribution in [0.3, 0.4) is 0 Å². The van der Waals surface area contributed by atoms with E-state index in [0.29, 0.717) is 26.8 Å². The van der Waals surface area contributed by atoms with Gasteiger partial charge in [-0.15, -0.1) is 0 Å². The van der Waals surface area contributed by atoms with Crippen LogP contribution in [0.15, 0.2) is 59.7 Å². The molecule has 4 aromatic rings. The smallest absolute Gasteiger partial charge is 0.322 e. The molecule has 3 heterocycles. The molecule has 4 rings (SSSR count). The van der Waals surface area contributed by atoms with E-state index in [0.717, 1.165) is 6.07 Å². The molecule has 8 nitrogen and oxygen atoms in total. The molecule has 0 aliphatic carbocycles. The molecule has 0 aliphatic rings. The molecule has 0 radical (unpaired) electrons. The molecule has 0 unspecified atom stereocenters. The summed E-state index contributed by atoms with van der Waals surface area (Å²) in [5, 5.41) is 26.7. The SMILES string of the molecule is N=C(n1nc(-c2cn[nH]c2)ccc1=N)C(F)(F)c1ccc2[nH]c(=O)ccc2c1. The highest BCUT2D eigenvalue weighted by Crippen LogP contribution is 2.31. The summed E-state index contributed by atoms with van der Waals surface area (Å²) in [7, 11) is 0. The largest absolute Gasteiger partial charge is 0.331 e. The van der Waals surface area contributed by atoms with E-state index in [4.69, 9.17) is 10.8 Å². The lowest BCUT2D eigenvalue weighted by atomic mass is 10.0. The second-order valence-electron chi connectivity index (χ2n) is 6.05. The number of H-pyrrole nitrogens is 2. The van der Waals surface area contributed by atoms with Gasteiger partial charge in [0.15, 0.2) is 5.84 Å². The van der Waals surface area contributed by atoms with Gasteiger partial charge >= 0.3 is 5.92 Å². The molecule has 0 aliphatic heterocycles. The Morgan fingerprint density at radius 1 is 1.14 bits per heavy atom. The van der Waals surface area contributed by atoms with Crippen molar-refractivity contribution in [2.24, 2.45) is 0 Å². The molecule has 1 aromatic carbocycles. The highest BCUT2D eigenvalue weighted by molar-refractivity contribution is 5.90. The minimum atomic E-state index is -3.72. The number of hydrogen-bond donors (Lipinski definition) is 4. The summed E-state index contributed by atoms with van der Waals surface area (Å²) in [5.74, 6) is -4.88. The molecular formula is C18H13F2N7O. The molecular weight excluding hydrogens is 368 g/mol. The molecule has 3 aromatic heterocycles. The van der Waals surface area contributed by atoms with Crippen LogP contribution in [0, 0.1) is 10.8 Å². The highest BCUT2D eigenvalue weighted by atomic mass is 19.3. The average Bonchev–Trinajstić information content (AvgIpc) is 3.22. The van der Waals surface area contributed by atoms with Gasteiger partial charge in [0.1, 0.15) is 5.49 Å². The zero-order valence-electron chi connectivity index (χ0n) is 14.2. The van der Waals surface area contributed by atoms with Gasteiger partial charge in [-0.3, -0.25) is 20.7 Å². The fourth-order valence-corrected chi connectivity index (χ4v) is 2.76. The number of hydrogen-bond acceptors (Lipinski definition) is 5. The molecule has 4 N–H and O–H groups in total. The van der Waals surface area contributed by atoms with Crippen molar-refractivity contribution >= 4 is 16.7 Å². The van der Waals surface area contributed by atoms with Crippen LogP contribution in [0.25, 0.3) is 22.2 Å². The molecule has 0 saturated heterocycles. The number of aromatic amines is 2. The van der Waals surface area contributed by atoms with E-state index in [1.807, 2.05) is 0 Å². The van der Waals surface area contributed by atoms with E-state index in [-0.39, 0.29) is 11.0 Å². The first-order valence-corrected chi connectivity index (χ1v) is 8.11. The minimum absolute atomic E-state index is 0.293. The summed E-state index contributed by atoms with van der Waals surface area (Å²) >= 11 is 0. The van der Waals surface area contributed by atoms with Gasteiger partial charge in [-0.05, 0) is 35.7 Å². The standard InChI is InChI=1S/C18H13F2N7O/c19-18(20,12-2-3-13-10(7-12)1-6-16(28)25-13)17(22)27-15(21)5-4-14(26-27)11-8-23-24-9-11/h1-9,21-22H,(H,23,24)(H,25,28). The van der Waals surface area contributed by atoms with E-state index in [1.54, 1.807) is 0 Å². The zero-order valence-corrected chi connectivity index (χ0v) is 14.2. The summed E-state index contributed by atoms with van der Waals surface area (Å²) in [6, 6.07) is 9.13. The maximum Gasteiger partial charge on any atom is 0.331 e. The van der Waals surface area contributed by atoms with Crippen LogP contribution >= 0.6 is 0 Å². The Labute approximate surface area is 155 Å². The first kappa shape index (κ1) is 17.5. The van der Waals surface area contributed by atoms with Gasteiger partial charge < -0.3 is 4.98 Å². The van der Waals surface area contributed by atoms with Gasteiger partial charge in [-0.1, -0.05) is 6.07 Å². The van der Waals surface area contributed by atoms with Crippen LogP contribution in [-0.4, -0.2) is 30.8 Å². The van der Waals surface area contributed by atoms with Crippen molar-refractivity contribution in [1.29, 1.82) is 10.8 Å². The highest BCUT2D eigenvalue weighted by Gasteiger charge is 2.39. The molecule has 140 valence electrons. The van der Waals surface area contributed by atoms with Crippen LogP contribution in [-0.2, 0) is 5.92 Å². The van der Waals surface area contributed by atoms with Crippen molar-refractivity contribution in [2.45, 2.75) is 5.92 Å². The summed E-state index contributed by atoms with van der Waals surface area (Å²) in [6.07, 6.45) is 2.99. The average molecular weight is 381 g/mol. The van der Waals surface area contributed by atoms with Crippen LogP contribution in [0.5, 0.6) is 0 Å². The van der Waals surface area contributed by atoms with Crippen LogP contribution < -0.4 is 11.0 Å². The van der Waals surface area contributed by atoms with Crippen molar-refractivity contribution in [3.05, 3.63) is 76.3 Å². The number of fused-ring (bicyclic) bond motifs is 1. The Kier molecular flexibility index (Phi) is 3.95. The predicted molar refractivity (Wildman–Crippen MR) is 97.3 cm³/mol. The first-order valence-electron chi connectivity index (χ1n) is 8.11. The lowest BCUT2D eigenvalue weighted by Gasteiger charge is -2.19. The maximum atomic E-state index is 15.0. The molecule has 10 heteroatoms. The third-order valence-corrected chi connectivity index (χ3v) is 4.22. The third-order valence-electron chi connectivity index (χ3n) is 4.22. The first-order chi connectivity index (χ1) is 13.4. The summed E-state index contributed by atoms with van der Waals surface area (Å²) in [5.41, 5.74) is 0.101. The van der Waals surface area contributed by atoms with Gasteiger partial charge in [0.2, 0.25) is 5.56 Å². The van der Waals surface area contributed by atoms with Crippen molar-refractivity contribution in [3.63, 3.8) is 0 Å². The van der Waals surface area contributed by atoms with Crippen molar-refractivity contribution < 1.29 is 8.78 Å². The second kappa shape index (κ2) is 6.34. The van der Waals surface area contributed by atoms with Crippen LogP contribution in [0.2, 0.25) is 0 Å². The van der Waals surface area contributed by atoms with Crippen LogP contribution in [0.4, 0.5) is 8.78 Å². The third kappa shape index (κ3) is 2.90. The number of nitrogens with zero attached hydrogens (tertiary/aromatic N) is 3. The summed E-state index contributed by atoms with van der Waals surface area (Å²) in [4.78, 5) is 13.9. The fraction of sp³-hybridized carbons (Fsp3) is 0.0556. The molecule has 0 saturated carbocycles. The fourth-order valence-electron chi connectivity index (χ4n) is 2.76.